The lowest BCUT2D eigenvalue weighted by Gasteiger charge is -2.35. The standard InChI is InChI=1S/C64H69F2N13O7S/c1-6-47-50(65)14-11-41-21-45(80)22-48(53(41)47)55-54(66)56-49(26-67-55)59(76-28-42-12-13-43(29-76)70-42)72-62(71-56)86-33-64-18-15-44(78(64)27-36(4)24-64)32-85-63(84)75-19-16-39(17-20-75)51-31-79(74-73-51)57(35(2)3)61(83)77-30-46(81)23-52(77)60(82)68-25-38-7-9-40(10-8-38)58-37(5)69-34-87-58/h1,7-11,14,21-22,26,31,34-35,39,42-44,46,52,57,70,80-81H,4,12-13,15-20,23-25,27-30,32-33H2,2-3,5H3,(H,68,82)/t42?,43?,44-,46+,52-,57-,64-/m0/s1. The number of phenolic OH excluding ortho intramolecular Hbond substituents is 1. The molecule has 0 saturated carbocycles. The molecule has 6 aliphatic rings. The number of ether oxygens (including phenoxy) is 2. The summed E-state index contributed by atoms with van der Waals surface area (Å²) in [5, 5.41) is 38.2. The van der Waals surface area contributed by atoms with Gasteiger partial charge in [0.2, 0.25) is 11.8 Å². The van der Waals surface area contributed by atoms with Crippen LogP contribution in [0.3, 0.4) is 0 Å². The number of hydrogen-bond donors (Lipinski definition) is 4. The molecular formula is C64H69F2N13O7S. The number of benzene rings is 3. The van der Waals surface area contributed by atoms with E-state index < -0.39 is 41.5 Å². The van der Waals surface area contributed by atoms with Gasteiger partial charge in [0.15, 0.2) is 5.82 Å². The molecule has 452 valence electrons. The summed E-state index contributed by atoms with van der Waals surface area (Å²) >= 11 is 1.58. The molecule has 10 heterocycles. The summed E-state index contributed by atoms with van der Waals surface area (Å²) in [6.45, 7) is 13.5. The number of phenols is 1. The van der Waals surface area contributed by atoms with Crippen molar-refractivity contribution in [3.63, 3.8) is 0 Å². The van der Waals surface area contributed by atoms with Crippen molar-refractivity contribution in [1.29, 1.82) is 0 Å². The highest BCUT2D eigenvalue weighted by Crippen LogP contribution is 2.46. The fraction of sp³-hybridized carbons (Fsp3) is 0.453. The van der Waals surface area contributed by atoms with Gasteiger partial charge < -0.3 is 45.0 Å². The van der Waals surface area contributed by atoms with Crippen LogP contribution in [0.5, 0.6) is 11.8 Å². The fourth-order valence-electron chi connectivity index (χ4n) is 14.3. The van der Waals surface area contributed by atoms with Crippen LogP contribution in [0.2, 0.25) is 0 Å². The molecule has 2 bridgehead atoms. The Hall–Kier alpha value is -8.17. The van der Waals surface area contributed by atoms with Gasteiger partial charge in [-0.1, -0.05) is 67.5 Å². The van der Waals surface area contributed by atoms with Crippen molar-refractivity contribution in [3.05, 3.63) is 113 Å². The van der Waals surface area contributed by atoms with E-state index in [1.54, 1.807) is 27.1 Å². The van der Waals surface area contributed by atoms with Gasteiger partial charge in [-0.05, 0) is 92.5 Å². The Morgan fingerprint density at radius 2 is 1.79 bits per heavy atom. The lowest BCUT2D eigenvalue weighted by atomic mass is 9.94. The highest BCUT2D eigenvalue weighted by atomic mass is 32.1. The Balaban J connectivity index is 0.643. The first-order valence-corrected chi connectivity index (χ1v) is 30.8. The number of piperazine rings is 1. The topological polar surface area (TPSA) is 229 Å². The first kappa shape index (κ1) is 57.9. The number of nitrogens with one attached hydrogen (secondary N) is 2. The summed E-state index contributed by atoms with van der Waals surface area (Å²) in [7, 11) is 0. The maximum absolute atomic E-state index is 17.4. The van der Waals surface area contributed by atoms with Gasteiger partial charge in [0.1, 0.15) is 53.9 Å². The van der Waals surface area contributed by atoms with Gasteiger partial charge in [-0.3, -0.25) is 19.5 Å². The number of fused-ring (bicyclic) bond motifs is 5. The minimum absolute atomic E-state index is 0.0218. The van der Waals surface area contributed by atoms with Crippen LogP contribution in [-0.2, 0) is 20.9 Å². The van der Waals surface area contributed by atoms with Crippen LogP contribution in [0, 0.1) is 36.8 Å². The van der Waals surface area contributed by atoms with E-state index in [4.69, 9.17) is 25.9 Å². The van der Waals surface area contributed by atoms with E-state index in [-0.39, 0.29) is 114 Å². The molecule has 6 saturated heterocycles. The van der Waals surface area contributed by atoms with E-state index in [9.17, 15) is 24.6 Å². The van der Waals surface area contributed by atoms with Gasteiger partial charge in [-0.15, -0.1) is 22.9 Å². The number of β-amino-alcohol motifs (C(OH)–C–C–N with tert-alkyl or cyclic N) is 1. The highest BCUT2D eigenvalue weighted by molar-refractivity contribution is 7.13. The number of rotatable bonds is 15. The molecule has 4 aromatic heterocycles. The summed E-state index contributed by atoms with van der Waals surface area (Å²) in [6.07, 6.45) is 13.3. The molecule has 6 aliphatic heterocycles. The second-order valence-corrected chi connectivity index (χ2v) is 25.6. The number of aryl methyl sites for hydroxylation is 1. The Morgan fingerprint density at radius 3 is 2.53 bits per heavy atom. The van der Waals surface area contributed by atoms with Crippen LogP contribution in [0.25, 0.3) is 43.4 Å². The molecule has 3 amide bonds. The number of pyridine rings is 1. The van der Waals surface area contributed by atoms with Gasteiger partial charge in [-0.2, -0.15) is 9.97 Å². The molecule has 2 unspecified atom stereocenters. The first-order chi connectivity index (χ1) is 42.0. The Labute approximate surface area is 506 Å². The molecule has 0 aliphatic carbocycles. The number of carbonyl (C=O) groups is 3. The predicted octanol–water partition coefficient (Wildman–Crippen LogP) is 7.81. The molecule has 0 spiro atoms. The first-order valence-electron chi connectivity index (χ1n) is 30.0. The molecule has 7 atom stereocenters. The number of anilines is 1. The molecule has 7 aromatic rings. The SMILES string of the molecule is C#Cc1c(F)ccc2cc(O)cc(-c3ncc4c(N5CC6CCC(C5)N6)nc(OC[C@@]56CC[C@@H](COC(=O)N7CCC(c8cn([C@H](C(=O)N9C[C@H](O)C[C@H]9C(=O)NCc9ccc(-c%10scnc%10C)cc9)C(C)C)nn8)CC7)N5CC(=C)C6)nc4c3F)c12. The number of nitrogens with zero attached hydrogens (tertiary/aromatic N) is 11. The van der Waals surface area contributed by atoms with Crippen LogP contribution in [-0.4, -0.2) is 166 Å². The highest BCUT2D eigenvalue weighted by Gasteiger charge is 2.52. The van der Waals surface area contributed by atoms with Gasteiger partial charge in [0.05, 0.1) is 44.4 Å². The second-order valence-electron chi connectivity index (χ2n) is 24.7. The van der Waals surface area contributed by atoms with Crippen molar-refractivity contribution in [1.82, 2.24) is 60.3 Å². The molecule has 20 nitrogen and oxygen atoms in total. The maximum atomic E-state index is 17.4. The van der Waals surface area contributed by atoms with Crippen molar-refractivity contribution in [2.24, 2.45) is 5.92 Å². The Bertz CT molecular complexity index is 3870. The van der Waals surface area contributed by atoms with E-state index in [2.05, 4.69) is 53.2 Å². The zero-order valence-corrected chi connectivity index (χ0v) is 49.6. The minimum atomic E-state index is -0.856. The summed E-state index contributed by atoms with van der Waals surface area (Å²) in [5.41, 5.74) is 5.77. The van der Waals surface area contributed by atoms with E-state index in [1.807, 2.05) is 50.5 Å². The number of halogens is 2. The van der Waals surface area contributed by atoms with Crippen LogP contribution >= 0.6 is 11.3 Å². The van der Waals surface area contributed by atoms with Crippen molar-refractivity contribution < 1.29 is 42.9 Å². The number of piperidine rings is 1. The number of terminal acetylenes is 1. The number of aliphatic hydroxyl groups is 1. The van der Waals surface area contributed by atoms with Crippen molar-refractivity contribution in [3.8, 4) is 45.8 Å². The number of hydrogen-bond acceptors (Lipinski definition) is 17. The number of amides is 3. The average Bonchev–Trinajstić information content (AvgIpc) is 1.59. The van der Waals surface area contributed by atoms with E-state index in [0.29, 0.717) is 80.7 Å². The molecule has 13 rings (SSSR count). The van der Waals surface area contributed by atoms with Gasteiger partial charge in [-0.25, -0.2) is 23.2 Å². The smallest absolute Gasteiger partial charge is 0.409 e. The number of aromatic hydroxyl groups is 1. The van der Waals surface area contributed by atoms with Crippen LogP contribution in [0.15, 0.2) is 78.6 Å². The van der Waals surface area contributed by atoms with Crippen LogP contribution in [0.1, 0.15) is 99.7 Å². The third-order valence-electron chi connectivity index (χ3n) is 18.6. The van der Waals surface area contributed by atoms with E-state index in [0.717, 1.165) is 46.5 Å². The molecular weight excluding hydrogens is 1130 g/mol. The van der Waals surface area contributed by atoms with Gasteiger partial charge >= 0.3 is 12.1 Å². The largest absolute Gasteiger partial charge is 0.508 e. The normalized spacial score (nSPS) is 23.4. The summed E-state index contributed by atoms with van der Waals surface area (Å²) in [6, 6.07) is 12.1. The number of thiazole rings is 1. The van der Waals surface area contributed by atoms with Crippen molar-refractivity contribution in [2.45, 2.75) is 126 Å². The zero-order valence-electron chi connectivity index (χ0n) is 48.8. The maximum Gasteiger partial charge on any atom is 0.409 e. The number of likely N-dealkylation sites (tertiary alicyclic amines) is 2. The summed E-state index contributed by atoms with van der Waals surface area (Å²) in [5.74, 6) is 0.356. The van der Waals surface area contributed by atoms with E-state index in [1.165, 1.54) is 35.4 Å². The van der Waals surface area contributed by atoms with Gasteiger partial charge in [0.25, 0.3) is 0 Å². The average molecular weight is 1200 g/mol. The summed E-state index contributed by atoms with van der Waals surface area (Å²) < 4.78 is 46.8. The van der Waals surface area contributed by atoms with Crippen molar-refractivity contribution in [2.75, 3.05) is 57.4 Å². The monoisotopic (exact) mass is 1200 g/mol. The molecule has 4 N–H and O–H groups in total. The molecule has 23 heteroatoms. The fourth-order valence-corrected chi connectivity index (χ4v) is 15.1. The molecule has 0 radical (unpaired) electrons. The number of aliphatic hydroxyl groups excluding tert-OH is 1. The van der Waals surface area contributed by atoms with Crippen LogP contribution < -0.4 is 20.3 Å². The third kappa shape index (κ3) is 11.1. The lowest BCUT2D eigenvalue weighted by Crippen LogP contribution is -2.51. The second kappa shape index (κ2) is 23.5. The van der Waals surface area contributed by atoms with Gasteiger partial charge in [0, 0.05) is 99.6 Å². The minimum Gasteiger partial charge on any atom is -0.508 e. The Morgan fingerprint density at radius 1 is 1.01 bits per heavy atom. The predicted molar refractivity (Wildman–Crippen MR) is 323 cm³/mol. The third-order valence-corrected chi connectivity index (χ3v) is 19.6. The number of carbonyl (C=O) groups excluding carboxylic acids is 3. The van der Waals surface area contributed by atoms with Crippen LogP contribution in [0.4, 0.5) is 19.4 Å². The Kier molecular flexibility index (Phi) is 15.6. The zero-order chi connectivity index (χ0) is 60.4. The number of aromatic nitrogens is 7. The molecule has 3 aromatic carbocycles. The summed E-state index contributed by atoms with van der Waals surface area (Å²) in [4.78, 5) is 69.2. The van der Waals surface area contributed by atoms with E-state index >= 15 is 8.78 Å². The molecule has 6 fully saturated rings. The lowest BCUT2D eigenvalue weighted by molar-refractivity contribution is -0.142. The van der Waals surface area contributed by atoms with Crippen molar-refractivity contribution >= 4 is 56.7 Å². The quantitative estimate of drug-likeness (QED) is 0.0567. The molecule has 87 heavy (non-hydrogen) atoms.